The zero-order valence-electron chi connectivity index (χ0n) is 21.4. The van der Waals surface area contributed by atoms with Crippen LogP contribution in [0.4, 0.5) is 17.3 Å². The van der Waals surface area contributed by atoms with Crippen molar-refractivity contribution in [3.05, 3.63) is 53.3 Å². The highest BCUT2D eigenvalue weighted by Gasteiger charge is 2.42. The van der Waals surface area contributed by atoms with Crippen molar-refractivity contribution in [2.45, 2.75) is 51.2 Å². The molecule has 2 N–H and O–H groups in total. The monoisotopic (exact) mass is 536 g/mol. The number of halogens is 1. The number of pyridine rings is 3. The molecule has 3 atom stereocenters. The average Bonchev–Trinajstić information content (AvgIpc) is 3.42. The van der Waals surface area contributed by atoms with Gasteiger partial charge in [-0.3, -0.25) is 9.78 Å². The topological polar surface area (TPSA) is 111 Å². The molecule has 2 saturated heterocycles. The number of amides is 1. The predicted molar refractivity (Wildman–Crippen MR) is 144 cm³/mol. The molecule has 3 aromatic rings. The molecular weight excluding hydrogens is 508 g/mol. The summed E-state index contributed by atoms with van der Waals surface area (Å²) < 4.78 is 17.1. The first-order valence-electron chi connectivity index (χ1n) is 12.6. The number of nitrogens with one attached hydrogen (secondary N) is 2. The van der Waals surface area contributed by atoms with Crippen LogP contribution in [0.3, 0.4) is 0 Å². The third kappa shape index (κ3) is 4.99. The fourth-order valence-electron chi connectivity index (χ4n) is 5.15. The lowest BCUT2D eigenvalue weighted by atomic mass is 10.1. The summed E-state index contributed by atoms with van der Waals surface area (Å²) in [6.07, 6.45) is 2.20. The second kappa shape index (κ2) is 9.68. The van der Waals surface area contributed by atoms with Crippen molar-refractivity contribution in [2.75, 3.05) is 35.3 Å². The van der Waals surface area contributed by atoms with Gasteiger partial charge in [-0.2, -0.15) is 4.98 Å². The van der Waals surface area contributed by atoms with Gasteiger partial charge in [0.1, 0.15) is 24.6 Å². The van der Waals surface area contributed by atoms with Gasteiger partial charge in [-0.25, -0.2) is 4.98 Å². The third-order valence-electron chi connectivity index (χ3n) is 6.84. The number of ether oxygens (including phenoxy) is 3. The minimum atomic E-state index is -0.612. The van der Waals surface area contributed by atoms with E-state index in [1.165, 1.54) is 0 Å². The number of aromatic nitrogens is 3. The Morgan fingerprint density at radius 1 is 1.29 bits per heavy atom. The SMILES string of the molecule is Cc1cc(-c2nc3c(cc2Cl)N2C[C@H](CC2C(=O)Nc2cccc(OC[C@H]4COC(C)(C)O4)n2)N3)ccn1. The van der Waals surface area contributed by atoms with E-state index in [9.17, 15) is 4.79 Å². The van der Waals surface area contributed by atoms with Gasteiger partial charge in [0.2, 0.25) is 11.8 Å². The summed E-state index contributed by atoms with van der Waals surface area (Å²) in [7, 11) is 0. The van der Waals surface area contributed by atoms with Gasteiger partial charge >= 0.3 is 0 Å². The Bertz CT molecular complexity index is 1390. The first kappa shape index (κ1) is 24.8. The summed E-state index contributed by atoms with van der Waals surface area (Å²) in [5, 5.41) is 6.95. The normalized spacial score (nSPS) is 23.1. The largest absolute Gasteiger partial charge is 0.475 e. The molecule has 3 aliphatic heterocycles. The van der Waals surface area contributed by atoms with Crippen molar-refractivity contribution in [1.29, 1.82) is 0 Å². The Balaban J connectivity index is 1.15. The Morgan fingerprint density at radius 3 is 2.95 bits per heavy atom. The lowest BCUT2D eigenvalue weighted by molar-refractivity contribution is -0.141. The van der Waals surface area contributed by atoms with Crippen LogP contribution in [-0.2, 0) is 14.3 Å². The number of fused-ring (bicyclic) bond motifs is 4. The molecule has 3 aliphatic rings. The Labute approximate surface area is 225 Å². The second-order valence-corrected chi connectivity index (χ2v) is 10.6. The standard InChI is InChI=1S/C27H29ClN6O4/c1-15-9-16(7-8-29-15)24-19(28)11-20-25(33-24)30-17-10-21(34(20)12-17)26(35)32-22-5-4-6-23(31-22)36-13-18-14-37-27(2,3)38-18/h4-9,11,17-18,21H,10,12-14H2,1-3H3,(H,30,33)(H,31,32,35)/t17-,18-,21?/m0/s1. The molecule has 1 amide bonds. The highest BCUT2D eigenvalue weighted by molar-refractivity contribution is 6.33. The lowest BCUT2D eigenvalue weighted by Gasteiger charge is -2.31. The summed E-state index contributed by atoms with van der Waals surface area (Å²) in [6, 6.07) is 10.7. The van der Waals surface area contributed by atoms with E-state index in [-0.39, 0.29) is 18.1 Å². The molecule has 11 heteroatoms. The summed E-state index contributed by atoms with van der Waals surface area (Å²) in [5.74, 6) is 0.792. The fourth-order valence-corrected chi connectivity index (χ4v) is 5.40. The molecule has 2 bridgehead atoms. The number of anilines is 3. The maximum atomic E-state index is 13.4. The van der Waals surface area contributed by atoms with E-state index in [2.05, 4.69) is 25.5 Å². The zero-order chi connectivity index (χ0) is 26.4. The third-order valence-corrected chi connectivity index (χ3v) is 7.13. The van der Waals surface area contributed by atoms with Gasteiger partial charge in [-0.05, 0) is 51.5 Å². The van der Waals surface area contributed by atoms with E-state index in [0.29, 0.717) is 48.6 Å². The van der Waals surface area contributed by atoms with Crippen molar-refractivity contribution in [3.8, 4) is 17.1 Å². The summed E-state index contributed by atoms with van der Waals surface area (Å²) in [4.78, 5) is 29.0. The molecule has 38 heavy (non-hydrogen) atoms. The quantitative estimate of drug-likeness (QED) is 0.482. The Kier molecular flexibility index (Phi) is 6.33. The van der Waals surface area contributed by atoms with Gasteiger partial charge in [0.25, 0.3) is 0 Å². The number of aryl methyl sites for hydroxylation is 1. The van der Waals surface area contributed by atoms with Crippen LogP contribution in [0.1, 0.15) is 26.0 Å². The van der Waals surface area contributed by atoms with Crippen LogP contribution < -0.4 is 20.3 Å². The molecule has 0 spiro atoms. The van der Waals surface area contributed by atoms with Gasteiger partial charge in [0.05, 0.1) is 23.0 Å². The van der Waals surface area contributed by atoms with Crippen molar-refractivity contribution >= 4 is 34.8 Å². The van der Waals surface area contributed by atoms with E-state index in [4.69, 9.17) is 30.8 Å². The number of nitrogens with zero attached hydrogens (tertiary/aromatic N) is 4. The molecule has 10 nitrogen and oxygen atoms in total. The first-order valence-corrected chi connectivity index (χ1v) is 13.0. The molecular formula is C27H29ClN6O4. The van der Waals surface area contributed by atoms with Crippen molar-refractivity contribution in [1.82, 2.24) is 15.0 Å². The molecule has 6 rings (SSSR count). The van der Waals surface area contributed by atoms with Crippen molar-refractivity contribution in [2.24, 2.45) is 0 Å². The highest BCUT2D eigenvalue weighted by Crippen LogP contribution is 2.42. The Morgan fingerprint density at radius 2 is 2.16 bits per heavy atom. The number of carbonyl (C=O) groups excluding carboxylic acids is 1. The fraction of sp³-hybridized carbons (Fsp3) is 0.407. The molecule has 0 aromatic carbocycles. The lowest BCUT2D eigenvalue weighted by Crippen LogP contribution is -2.41. The van der Waals surface area contributed by atoms with Crippen molar-refractivity contribution < 1.29 is 19.0 Å². The first-order chi connectivity index (χ1) is 18.2. The minimum absolute atomic E-state index is 0.0967. The highest BCUT2D eigenvalue weighted by atomic mass is 35.5. The van der Waals surface area contributed by atoms with Gasteiger partial charge in [0, 0.05) is 36.1 Å². The van der Waals surface area contributed by atoms with Gasteiger partial charge in [0.15, 0.2) is 11.6 Å². The van der Waals surface area contributed by atoms with E-state index in [1.54, 1.807) is 24.4 Å². The van der Waals surface area contributed by atoms with Crippen LogP contribution in [0.5, 0.6) is 5.88 Å². The van der Waals surface area contributed by atoms with Crippen LogP contribution in [-0.4, -0.2) is 64.6 Å². The molecule has 0 radical (unpaired) electrons. The Hall–Kier alpha value is -3.47. The molecule has 6 heterocycles. The predicted octanol–water partition coefficient (Wildman–Crippen LogP) is 4.04. The van der Waals surface area contributed by atoms with Gasteiger partial charge < -0.3 is 29.7 Å². The van der Waals surface area contributed by atoms with Crippen molar-refractivity contribution in [3.63, 3.8) is 0 Å². The maximum absolute atomic E-state index is 13.4. The molecule has 1 unspecified atom stereocenters. The number of hydrogen-bond donors (Lipinski definition) is 2. The number of rotatable bonds is 6. The van der Waals surface area contributed by atoms with E-state index in [1.807, 2.05) is 39.0 Å². The van der Waals surface area contributed by atoms with Crippen LogP contribution in [0.15, 0.2) is 42.6 Å². The zero-order valence-corrected chi connectivity index (χ0v) is 22.2. The summed E-state index contributed by atoms with van der Waals surface area (Å²) >= 11 is 6.67. The number of hydrogen-bond acceptors (Lipinski definition) is 9. The van der Waals surface area contributed by atoms with E-state index < -0.39 is 11.8 Å². The minimum Gasteiger partial charge on any atom is -0.475 e. The molecule has 2 fully saturated rings. The van der Waals surface area contributed by atoms with Crippen LogP contribution >= 0.6 is 11.6 Å². The smallest absolute Gasteiger partial charge is 0.248 e. The molecule has 0 aliphatic carbocycles. The average molecular weight is 537 g/mol. The second-order valence-electron chi connectivity index (χ2n) is 10.2. The van der Waals surface area contributed by atoms with E-state index >= 15 is 0 Å². The van der Waals surface area contributed by atoms with Crippen LogP contribution in [0.25, 0.3) is 11.3 Å². The van der Waals surface area contributed by atoms with Crippen LogP contribution in [0.2, 0.25) is 5.02 Å². The summed E-state index contributed by atoms with van der Waals surface area (Å²) in [6.45, 7) is 7.12. The molecule has 198 valence electrons. The van der Waals surface area contributed by atoms with Crippen LogP contribution in [0, 0.1) is 6.92 Å². The number of carbonyl (C=O) groups is 1. The maximum Gasteiger partial charge on any atom is 0.248 e. The summed E-state index contributed by atoms with van der Waals surface area (Å²) in [5.41, 5.74) is 3.29. The van der Waals surface area contributed by atoms with Gasteiger partial charge in [-0.1, -0.05) is 17.7 Å². The molecule has 3 aromatic heterocycles. The van der Waals surface area contributed by atoms with Gasteiger partial charge in [-0.15, -0.1) is 0 Å². The molecule has 0 saturated carbocycles. The van der Waals surface area contributed by atoms with E-state index in [0.717, 1.165) is 22.8 Å².